The number of aliphatic hydroxyl groups excluding tert-OH is 1. The molecule has 0 bridgehead atoms. The first kappa shape index (κ1) is 16.5. The maximum atomic E-state index is 11.9. The maximum Gasteiger partial charge on any atom is 0.415 e. The molecule has 1 unspecified atom stereocenters. The number of hydrogen-bond acceptors (Lipinski definition) is 2. The monoisotopic (exact) mass is 267 g/mol. The van der Waals surface area contributed by atoms with E-state index < -0.39 is 31.4 Å². The highest BCUT2D eigenvalue weighted by atomic mass is 19.4. The van der Waals surface area contributed by atoms with Crippen LogP contribution in [0.15, 0.2) is 0 Å². The second kappa shape index (κ2) is 6.44. The van der Waals surface area contributed by atoms with Crippen molar-refractivity contribution in [2.24, 2.45) is 0 Å². The average molecular weight is 267 g/mol. The van der Waals surface area contributed by atoms with Gasteiger partial charge in [-0.25, -0.2) is 0 Å². The highest BCUT2D eigenvalue weighted by Gasteiger charge is 2.38. The molecule has 0 heterocycles. The van der Waals surface area contributed by atoms with Crippen molar-refractivity contribution >= 4 is 0 Å². The largest absolute Gasteiger partial charge is 0.415 e. The Hall–Kier alpha value is -0.500. The molecule has 0 aliphatic rings. The van der Waals surface area contributed by atoms with Crippen LogP contribution in [0.3, 0.4) is 0 Å². The summed E-state index contributed by atoms with van der Waals surface area (Å²) in [7, 11) is 1.32. The minimum absolute atomic E-state index is 0.0865. The lowest BCUT2D eigenvalue weighted by Crippen LogP contribution is -2.39. The molecule has 2 nitrogen and oxygen atoms in total. The van der Waals surface area contributed by atoms with Crippen LogP contribution in [0.4, 0.5) is 26.3 Å². The third-order valence-electron chi connectivity index (χ3n) is 2.11. The Morgan fingerprint density at radius 2 is 1.59 bits per heavy atom. The van der Waals surface area contributed by atoms with E-state index in [2.05, 4.69) is 0 Å². The van der Waals surface area contributed by atoms with Gasteiger partial charge in [-0.3, -0.25) is 0 Å². The maximum absolute atomic E-state index is 11.9. The Morgan fingerprint density at radius 3 is 2.00 bits per heavy atom. The third-order valence-corrected chi connectivity index (χ3v) is 2.11. The van der Waals surface area contributed by atoms with Gasteiger partial charge in [-0.05, 0) is 26.4 Å². The molecular formula is C9H15F6NO. The quantitative estimate of drug-likeness (QED) is 0.590. The van der Waals surface area contributed by atoms with Gasteiger partial charge in [-0.2, -0.15) is 26.3 Å². The van der Waals surface area contributed by atoms with Gasteiger partial charge in [-0.15, -0.1) is 0 Å². The van der Waals surface area contributed by atoms with E-state index in [1.807, 2.05) is 0 Å². The molecule has 0 radical (unpaired) electrons. The van der Waals surface area contributed by atoms with Crippen molar-refractivity contribution in [3.8, 4) is 0 Å². The molecule has 0 aromatic carbocycles. The van der Waals surface area contributed by atoms with Crippen molar-refractivity contribution in [1.29, 1.82) is 0 Å². The number of hydrogen-bond donors (Lipinski definition) is 1. The van der Waals surface area contributed by atoms with Gasteiger partial charge < -0.3 is 10.0 Å². The lowest BCUT2D eigenvalue weighted by molar-refractivity contribution is -0.207. The highest BCUT2D eigenvalue weighted by Crippen LogP contribution is 2.23. The molecule has 104 valence electrons. The van der Waals surface area contributed by atoms with E-state index in [0.717, 1.165) is 4.90 Å². The predicted molar refractivity (Wildman–Crippen MR) is 49.5 cm³/mol. The van der Waals surface area contributed by atoms with Gasteiger partial charge in [0.05, 0.1) is 0 Å². The van der Waals surface area contributed by atoms with Crippen LogP contribution in [0.2, 0.25) is 0 Å². The molecule has 0 aliphatic carbocycles. The Kier molecular flexibility index (Phi) is 6.25. The Balaban J connectivity index is 3.71. The summed E-state index contributed by atoms with van der Waals surface area (Å²) in [6.45, 7) is -0.543. The molecular weight excluding hydrogens is 252 g/mol. The summed E-state index contributed by atoms with van der Waals surface area (Å²) in [5.74, 6) is 0. The van der Waals surface area contributed by atoms with Crippen LogP contribution in [0.25, 0.3) is 0 Å². The summed E-state index contributed by atoms with van der Waals surface area (Å²) in [6.07, 6.45) is -12.3. The number of aliphatic hydroxyl groups is 1. The fourth-order valence-corrected chi connectivity index (χ4v) is 1.20. The second-order valence-electron chi connectivity index (χ2n) is 3.89. The van der Waals surface area contributed by atoms with Crippen LogP contribution >= 0.6 is 0 Å². The lowest BCUT2D eigenvalue weighted by atomic mass is 10.2. The Bertz CT molecular complexity index is 215. The SMILES string of the molecule is CN(CCCCC(F)(F)F)CC(O)C(F)(F)F. The van der Waals surface area contributed by atoms with Crippen molar-refractivity contribution in [3.05, 3.63) is 0 Å². The van der Waals surface area contributed by atoms with E-state index in [0.29, 0.717) is 0 Å². The van der Waals surface area contributed by atoms with Gasteiger partial charge in [0, 0.05) is 13.0 Å². The second-order valence-corrected chi connectivity index (χ2v) is 3.89. The predicted octanol–water partition coefficient (Wildman–Crippen LogP) is 2.57. The molecule has 0 saturated heterocycles. The van der Waals surface area contributed by atoms with Crippen molar-refractivity contribution in [3.63, 3.8) is 0 Å². The molecule has 8 heteroatoms. The smallest absolute Gasteiger partial charge is 0.382 e. The van der Waals surface area contributed by atoms with Crippen molar-refractivity contribution in [1.82, 2.24) is 4.90 Å². The number of rotatable bonds is 6. The van der Waals surface area contributed by atoms with Gasteiger partial charge in [-0.1, -0.05) is 0 Å². The molecule has 0 amide bonds. The Labute approximate surface area is 95.2 Å². The number of likely N-dealkylation sites (N-methyl/N-ethyl adjacent to an activating group) is 1. The number of unbranched alkanes of at least 4 members (excludes halogenated alkanes) is 1. The summed E-state index contributed by atoms with van der Waals surface area (Å²) in [5, 5.41) is 8.70. The zero-order valence-corrected chi connectivity index (χ0v) is 9.28. The molecule has 0 spiro atoms. The molecule has 1 atom stereocenters. The topological polar surface area (TPSA) is 23.5 Å². The van der Waals surface area contributed by atoms with E-state index in [-0.39, 0.29) is 19.4 Å². The van der Waals surface area contributed by atoms with Crippen LogP contribution in [-0.4, -0.2) is 48.6 Å². The van der Waals surface area contributed by atoms with Crippen LogP contribution in [-0.2, 0) is 0 Å². The number of nitrogens with zero attached hydrogens (tertiary/aromatic N) is 1. The van der Waals surface area contributed by atoms with Crippen molar-refractivity contribution < 1.29 is 31.4 Å². The highest BCUT2D eigenvalue weighted by molar-refractivity contribution is 4.69. The van der Waals surface area contributed by atoms with Crippen LogP contribution in [0.1, 0.15) is 19.3 Å². The van der Waals surface area contributed by atoms with Gasteiger partial charge in [0.2, 0.25) is 0 Å². The van der Waals surface area contributed by atoms with Crippen molar-refractivity contribution in [2.75, 3.05) is 20.1 Å². The summed E-state index contributed by atoms with van der Waals surface area (Å²) >= 11 is 0. The standard InChI is InChI=1S/C9H15F6NO/c1-16(6-7(17)9(13,14)15)5-3-2-4-8(10,11)12/h7,17H,2-6H2,1H3. The lowest BCUT2D eigenvalue weighted by Gasteiger charge is -2.22. The molecule has 0 aromatic rings. The molecule has 0 rings (SSSR count). The van der Waals surface area contributed by atoms with E-state index in [9.17, 15) is 26.3 Å². The first-order valence-electron chi connectivity index (χ1n) is 5.02. The van der Waals surface area contributed by atoms with Gasteiger partial charge >= 0.3 is 12.4 Å². The zero-order valence-electron chi connectivity index (χ0n) is 9.28. The summed E-state index contributed by atoms with van der Waals surface area (Å²) < 4.78 is 71.0. The third kappa shape index (κ3) is 9.22. The van der Waals surface area contributed by atoms with Gasteiger partial charge in [0.1, 0.15) is 0 Å². The van der Waals surface area contributed by atoms with E-state index in [1.165, 1.54) is 7.05 Å². The summed E-state index contributed by atoms with van der Waals surface area (Å²) in [5.41, 5.74) is 0. The number of alkyl halides is 6. The van der Waals surface area contributed by atoms with Gasteiger partial charge in [0.15, 0.2) is 6.10 Å². The normalized spacial score (nSPS) is 15.4. The van der Waals surface area contributed by atoms with Crippen LogP contribution in [0, 0.1) is 0 Å². The molecule has 0 aliphatic heterocycles. The van der Waals surface area contributed by atoms with Crippen LogP contribution in [0.5, 0.6) is 0 Å². The molecule has 0 aromatic heterocycles. The minimum Gasteiger partial charge on any atom is -0.382 e. The molecule has 1 N–H and O–H groups in total. The first-order chi connectivity index (χ1) is 7.52. The minimum atomic E-state index is -4.69. The summed E-state index contributed by atoms with van der Waals surface area (Å²) in [4.78, 5) is 1.16. The first-order valence-corrected chi connectivity index (χ1v) is 5.02. The fourth-order valence-electron chi connectivity index (χ4n) is 1.20. The number of halogens is 6. The van der Waals surface area contributed by atoms with E-state index in [4.69, 9.17) is 5.11 Å². The van der Waals surface area contributed by atoms with Gasteiger partial charge in [0.25, 0.3) is 0 Å². The summed E-state index contributed by atoms with van der Waals surface area (Å²) in [6, 6.07) is 0. The van der Waals surface area contributed by atoms with E-state index in [1.54, 1.807) is 0 Å². The van der Waals surface area contributed by atoms with Crippen LogP contribution < -0.4 is 0 Å². The molecule has 0 fully saturated rings. The van der Waals surface area contributed by atoms with Crippen molar-refractivity contribution in [2.45, 2.75) is 37.7 Å². The zero-order chi connectivity index (χ0) is 13.7. The fraction of sp³-hybridized carbons (Fsp3) is 1.00. The molecule has 0 saturated carbocycles. The average Bonchev–Trinajstić information content (AvgIpc) is 2.09. The van der Waals surface area contributed by atoms with E-state index >= 15 is 0 Å². The molecule has 17 heavy (non-hydrogen) atoms. The Morgan fingerprint density at radius 1 is 1.06 bits per heavy atom.